The van der Waals surface area contributed by atoms with Gasteiger partial charge >= 0.3 is 0 Å². The van der Waals surface area contributed by atoms with E-state index < -0.39 is 0 Å². The normalized spacial score (nSPS) is 34.4. The number of benzene rings is 1. The maximum atomic E-state index is 13.2. The molecule has 1 amide bonds. The van der Waals surface area contributed by atoms with E-state index in [1.165, 1.54) is 24.8 Å². The van der Waals surface area contributed by atoms with Gasteiger partial charge in [0.15, 0.2) is 0 Å². The molecule has 124 valence electrons. The molecule has 4 bridgehead atoms. The van der Waals surface area contributed by atoms with Crippen LogP contribution in [0.4, 0.5) is 0 Å². The van der Waals surface area contributed by atoms with Gasteiger partial charge in [-0.2, -0.15) is 0 Å². The van der Waals surface area contributed by atoms with Gasteiger partial charge in [0.2, 0.25) is 5.91 Å². The zero-order chi connectivity index (χ0) is 16.0. The Morgan fingerprint density at radius 2 is 1.61 bits per heavy atom. The van der Waals surface area contributed by atoms with E-state index in [4.69, 9.17) is 4.74 Å². The van der Waals surface area contributed by atoms with Gasteiger partial charge in [-0.3, -0.25) is 4.79 Å². The van der Waals surface area contributed by atoms with Crippen molar-refractivity contribution < 1.29 is 9.53 Å². The highest BCUT2D eigenvalue weighted by atomic mass is 16.5. The molecule has 4 saturated carbocycles. The van der Waals surface area contributed by atoms with Gasteiger partial charge in [0.1, 0.15) is 5.75 Å². The first-order valence-corrected chi connectivity index (χ1v) is 8.96. The summed E-state index contributed by atoms with van der Waals surface area (Å²) in [6.45, 7) is 0.699. The molecule has 0 atom stereocenters. The molecule has 1 aromatic carbocycles. The van der Waals surface area contributed by atoms with Crippen molar-refractivity contribution in [2.75, 3.05) is 14.2 Å². The lowest BCUT2D eigenvalue weighted by atomic mass is 9.49. The molecule has 4 aliphatic rings. The minimum absolute atomic E-state index is 0.0318. The van der Waals surface area contributed by atoms with Gasteiger partial charge in [0, 0.05) is 13.6 Å². The van der Waals surface area contributed by atoms with Crippen LogP contribution in [0.15, 0.2) is 24.3 Å². The lowest BCUT2D eigenvalue weighted by molar-refractivity contribution is -0.156. The van der Waals surface area contributed by atoms with Crippen LogP contribution in [-0.2, 0) is 11.3 Å². The second kappa shape index (κ2) is 5.54. The van der Waals surface area contributed by atoms with Gasteiger partial charge in [-0.05, 0) is 74.0 Å². The number of methoxy groups -OCH3 is 1. The molecular formula is C20H27NO2. The van der Waals surface area contributed by atoms with E-state index >= 15 is 0 Å². The third kappa shape index (κ3) is 2.64. The van der Waals surface area contributed by atoms with Crippen molar-refractivity contribution in [1.29, 1.82) is 0 Å². The molecule has 0 unspecified atom stereocenters. The molecule has 23 heavy (non-hydrogen) atoms. The number of hydrogen-bond donors (Lipinski definition) is 0. The zero-order valence-electron chi connectivity index (χ0n) is 14.3. The fourth-order valence-corrected chi connectivity index (χ4v) is 5.85. The molecule has 4 aliphatic carbocycles. The van der Waals surface area contributed by atoms with E-state index in [2.05, 4.69) is 12.1 Å². The van der Waals surface area contributed by atoms with Crippen molar-refractivity contribution in [1.82, 2.24) is 4.90 Å². The Labute approximate surface area is 139 Å². The first kappa shape index (κ1) is 15.0. The highest BCUT2D eigenvalue weighted by Crippen LogP contribution is 2.60. The van der Waals surface area contributed by atoms with Crippen LogP contribution in [0.5, 0.6) is 5.75 Å². The third-order valence-electron chi connectivity index (χ3n) is 6.42. The van der Waals surface area contributed by atoms with E-state index in [1.54, 1.807) is 7.11 Å². The zero-order valence-corrected chi connectivity index (χ0v) is 14.3. The van der Waals surface area contributed by atoms with Gasteiger partial charge in [-0.1, -0.05) is 12.1 Å². The molecule has 5 rings (SSSR count). The fraction of sp³-hybridized carbons (Fsp3) is 0.650. The van der Waals surface area contributed by atoms with Crippen molar-refractivity contribution in [3.63, 3.8) is 0 Å². The highest BCUT2D eigenvalue weighted by molar-refractivity contribution is 5.83. The third-order valence-corrected chi connectivity index (χ3v) is 6.42. The summed E-state index contributed by atoms with van der Waals surface area (Å²) < 4.78 is 5.21. The van der Waals surface area contributed by atoms with Crippen LogP contribution in [0.3, 0.4) is 0 Å². The van der Waals surface area contributed by atoms with E-state index in [0.29, 0.717) is 12.5 Å². The standard InChI is InChI=1S/C20H27NO2/c1-21(13-14-3-5-18(23-2)6-4-14)19(22)20-10-15-7-16(11-20)9-17(8-15)12-20/h3-6,15-17H,7-13H2,1-2H3. The van der Waals surface area contributed by atoms with Crippen LogP contribution in [0.25, 0.3) is 0 Å². The van der Waals surface area contributed by atoms with Crippen LogP contribution in [0.2, 0.25) is 0 Å². The number of nitrogens with zero attached hydrogens (tertiary/aromatic N) is 1. The molecule has 0 N–H and O–H groups in total. The van der Waals surface area contributed by atoms with Crippen LogP contribution in [-0.4, -0.2) is 25.0 Å². The molecule has 1 aromatic rings. The number of rotatable bonds is 4. The number of amides is 1. The van der Waals surface area contributed by atoms with Crippen LogP contribution >= 0.6 is 0 Å². The molecule has 0 spiro atoms. The maximum absolute atomic E-state index is 13.2. The van der Waals surface area contributed by atoms with Crippen molar-refractivity contribution in [2.45, 2.75) is 45.1 Å². The smallest absolute Gasteiger partial charge is 0.228 e. The van der Waals surface area contributed by atoms with Crippen LogP contribution in [0.1, 0.15) is 44.1 Å². The number of hydrogen-bond acceptors (Lipinski definition) is 2. The molecule has 3 heteroatoms. The number of ether oxygens (including phenoxy) is 1. The Morgan fingerprint density at radius 1 is 1.09 bits per heavy atom. The topological polar surface area (TPSA) is 29.5 Å². The summed E-state index contributed by atoms with van der Waals surface area (Å²) in [5.41, 5.74) is 1.14. The van der Waals surface area contributed by atoms with Gasteiger partial charge in [0.25, 0.3) is 0 Å². The summed E-state index contributed by atoms with van der Waals surface area (Å²) >= 11 is 0. The van der Waals surface area contributed by atoms with Gasteiger partial charge < -0.3 is 9.64 Å². The molecule has 0 aromatic heterocycles. The van der Waals surface area contributed by atoms with E-state index in [9.17, 15) is 4.79 Å². The van der Waals surface area contributed by atoms with Crippen molar-refractivity contribution in [3.05, 3.63) is 29.8 Å². The van der Waals surface area contributed by atoms with Crippen molar-refractivity contribution in [3.8, 4) is 5.75 Å². The Hall–Kier alpha value is -1.51. The fourth-order valence-electron chi connectivity index (χ4n) is 5.85. The SMILES string of the molecule is COc1ccc(CN(C)C(=O)C23CC4CC(CC(C4)C2)C3)cc1. The minimum atomic E-state index is -0.0318. The maximum Gasteiger partial charge on any atom is 0.228 e. The van der Waals surface area contributed by atoms with Crippen LogP contribution < -0.4 is 4.74 Å². The highest BCUT2D eigenvalue weighted by Gasteiger charge is 2.55. The monoisotopic (exact) mass is 313 g/mol. The van der Waals surface area contributed by atoms with Crippen molar-refractivity contribution in [2.24, 2.45) is 23.2 Å². The Balaban J connectivity index is 1.47. The second-order valence-corrected chi connectivity index (χ2v) is 8.21. The van der Waals surface area contributed by atoms with Gasteiger partial charge in [-0.15, -0.1) is 0 Å². The lowest BCUT2D eigenvalue weighted by Gasteiger charge is -2.56. The number of carbonyl (C=O) groups excluding carboxylic acids is 1. The summed E-state index contributed by atoms with van der Waals surface area (Å²) in [4.78, 5) is 15.2. The predicted molar refractivity (Wildman–Crippen MR) is 90.1 cm³/mol. The average molecular weight is 313 g/mol. The summed E-state index contributed by atoms with van der Waals surface area (Å²) in [6, 6.07) is 8.06. The van der Waals surface area contributed by atoms with E-state index in [0.717, 1.165) is 42.8 Å². The first-order chi connectivity index (χ1) is 11.1. The minimum Gasteiger partial charge on any atom is -0.497 e. The summed E-state index contributed by atoms with van der Waals surface area (Å²) in [6.07, 6.45) is 7.58. The molecule has 0 aliphatic heterocycles. The summed E-state index contributed by atoms with van der Waals surface area (Å²) in [5.74, 6) is 3.72. The lowest BCUT2D eigenvalue weighted by Crippen LogP contribution is -2.53. The predicted octanol–water partition coefficient (Wildman–Crippen LogP) is 3.87. The Kier molecular flexibility index (Phi) is 3.62. The second-order valence-electron chi connectivity index (χ2n) is 8.21. The Bertz CT molecular complexity index is 557. The molecule has 4 fully saturated rings. The van der Waals surface area contributed by atoms with Gasteiger partial charge in [-0.25, -0.2) is 0 Å². The molecule has 0 radical (unpaired) electrons. The van der Waals surface area contributed by atoms with E-state index in [-0.39, 0.29) is 5.41 Å². The van der Waals surface area contributed by atoms with Gasteiger partial charge in [0.05, 0.1) is 12.5 Å². The van der Waals surface area contributed by atoms with E-state index in [1.807, 2.05) is 24.1 Å². The largest absolute Gasteiger partial charge is 0.497 e. The first-order valence-electron chi connectivity index (χ1n) is 8.96. The molecule has 3 nitrogen and oxygen atoms in total. The van der Waals surface area contributed by atoms with Crippen LogP contribution in [0, 0.1) is 23.2 Å². The summed E-state index contributed by atoms with van der Waals surface area (Å²) in [5, 5.41) is 0. The quantitative estimate of drug-likeness (QED) is 0.844. The van der Waals surface area contributed by atoms with Crippen molar-refractivity contribution >= 4 is 5.91 Å². The average Bonchev–Trinajstić information content (AvgIpc) is 2.53. The molecule has 0 heterocycles. The molecule has 0 saturated heterocycles. The number of carbonyl (C=O) groups is 1. The molecular weight excluding hydrogens is 286 g/mol. The Morgan fingerprint density at radius 3 is 2.09 bits per heavy atom. The summed E-state index contributed by atoms with van der Waals surface area (Å²) in [7, 11) is 3.66.